The zero-order chi connectivity index (χ0) is 56.9. The summed E-state index contributed by atoms with van der Waals surface area (Å²) in [6, 6.07) is -0.989. The number of hydrogen-bond donors (Lipinski definition) is 12. The van der Waals surface area contributed by atoms with Crippen LogP contribution in [0.25, 0.3) is 0 Å². The first-order chi connectivity index (χ1) is 37.8. The van der Waals surface area contributed by atoms with E-state index in [-0.39, 0.29) is 18.9 Å². The van der Waals surface area contributed by atoms with Crippen molar-refractivity contribution in [2.24, 2.45) is 0 Å². The van der Waals surface area contributed by atoms with Gasteiger partial charge in [0.05, 0.1) is 38.6 Å². The SMILES string of the molecule is CCCCCCCCCCCCCCCCCCCCCCC/C=C/CC/C=C/CC/C=C/C(O)C(COC1OC(CO)C(OC2OC(CO)C(OC3OC(CO)C(O)C(O)C3O)C(O)C2O)C(O)C1O)NC(=O)CCCC. The van der Waals surface area contributed by atoms with E-state index >= 15 is 0 Å². The van der Waals surface area contributed by atoms with E-state index in [1.807, 2.05) is 13.0 Å². The summed E-state index contributed by atoms with van der Waals surface area (Å²) >= 11 is 0. The molecule has 456 valence electrons. The van der Waals surface area contributed by atoms with Crippen LogP contribution in [-0.2, 0) is 33.2 Å². The second-order valence-corrected chi connectivity index (χ2v) is 21.8. The Hall–Kier alpha value is -1.99. The molecule has 1 amide bonds. The predicted molar refractivity (Wildman–Crippen MR) is 296 cm³/mol. The summed E-state index contributed by atoms with van der Waals surface area (Å²) in [5.74, 6) is -0.326. The average Bonchev–Trinajstić information content (AvgIpc) is 3.45. The van der Waals surface area contributed by atoms with Gasteiger partial charge in [0.15, 0.2) is 18.9 Å². The van der Waals surface area contributed by atoms with E-state index in [0.29, 0.717) is 12.8 Å². The van der Waals surface area contributed by atoms with Gasteiger partial charge in [-0.15, -0.1) is 0 Å². The quantitative estimate of drug-likeness (QED) is 0.0271. The standard InChI is InChI=1S/C59H107NO18/c1-3-5-7-8-9-10-11-12-13-14-15-16-17-18-19-20-21-22-23-24-25-26-27-28-29-30-31-32-33-34-35-36-43(64)42(60-47(65)37-6-4-2)41-73-57-53(71)50(68)55(45(39-62)75-57)78-59-54(72)51(69)56(46(40-63)76-59)77-58-52(70)49(67)48(66)44(38-61)74-58/h27-28,31-32,35-36,42-46,48-59,61-64,66-72H,3-26,29-30,33-34,37-41H2,1-2H3,(H,60,65)/b28-27+,32-31+,36-35+. The van der Waals surface area contributed by atoms with Crippen LogP contribution in [0.3, 0.4) is 0 Å². The molecule has 3 fully saturated rings. The number of hydrogen-bond acceptors (Lipinski definition) is 18. The lowest BCUT2D eigenvalue weighted by molar-refractivity contribution is -0.379. The highest BCUT2D eigenvalue weighted by molar-refractivity contribution is 5.76. The zero-order valence-electron chi connectivity index (χ0n) is 47.4. The molecule has 0 radical (unpaired) electrons. The molecule has 12 N–H and O–H groups in total. The van der Waals surface area contributed by atoms with Gasteiger partial charge in [0.2, 0.25) is 5.91 Å². The molecule has 0 saturated carbocycles. The highest BCUT2D eigenvalue weighted by atomic mass is 16.8. The van der Waals surface area contributed by atoms with Crippen molar-refractivity contribution in [2.75, 3.05) is 26.4 Å². The molecule has 0 bridgehead atoms. The molecule has 0 aromatic carbocycles. The lowest BCUT2D eigenvalue weighted by Crippen LogP contribution is -2.66. The molecule has 3 rings (SSSR count). The Kier molecular flexibility index (Phi) is 38.5. The highest BCUT2D eigenvalue weighted by Gasteiger charge is 2.53. The van der Waals surface area contributed by atoms with Gasteiger partial charge >= 0.3 is 0 Å². The minimum Gasteiger partial charge on any atom is -0.394 e. The van der Waals surface area contributed by atoms with Crippen LogP contribution in [0.15, 0.2) is 36.5 Å². The maximum atomic E-state index is 12.8. The number of nitrogens with one attached hydrogen (secondary N) is 1. The summed E-state index contributed by atoms with van der Waals surface area (Å²) in [6.45, 7) is 1.42. The topological polar surface area (TPSA) is 307 Å². The minimum absolute atomic E-state index is 0.206. The molecule has 78 heavy (non-hydrogen) atoms. The molecule has 0 aromatic rings. The number of ether oxygens (including phenoxy) is 6. The van der Waals surface area contributed by atoms with Crippen LogP contribution in [0.5, 0.6) is 0 Å². The summed E-state index contributed by atoms with van der Waals surface area (Å²) in [6.07, 6.45) is 20.5. The van der Waals surface area contributed by atoms with E-state index < -0.39 is 124 Å². The summed E-state index contributed by atoms with van der Waals surface area (Å²) in [4.78, 5) is 12.8. The van der Waals surface area contributed by atoms with E-state index in [4.69, 9.17) is 28.4 Å². The average molecular weight is 1120 g/mol. The normalized spacial score (nSPS) is 30.7. The number of carbonyl (C=O) groups is 1. The second-order valence-electron chi connectivity index (χ2n) is 21.8. The highest BCUT2D eigenvalue weighted by Crippen LogP contribution is 2.33. The molecule has 0 aliphatic carbocycles. The van der Waals surface area contributed by atoms with E-state index in [2.05, 4.69) is 36.5 Å². The van der Waals surface area contributed by atoms with Gasteiger partial charge in [-0.3, -0.25) is 4.79 Å². The Bertz CT molecular complexity index is 1570. The van der Waals surface area contributed by atoms with E-state index in [1.54, 1.807) is 6.08 Å². The maximum absolute atomic E-state index is 12.8. The summed E-state index contributed by atoms with van der Waals surface area (Å²) in [5.41, 5.74) is 0. The van der Waals surface area contributed by atoms with Gasteiger partial charge in [0, 0.05) is 6.42 Å². The van der Waals surface area contributed by atoms with Crippen molar-refractivity contribution < 1.29 is 89.4 Å². The van der Waals surface area contributed by atoms with Crippen LogP contribution < -0.4 is 5.32 Å². The molecule has 3 heterocycles. The number of aliphatic hydroxyl groups excluding tert-OH is 11. The number of amides is 1. The number of allylic oxidation sites excluding steroid dienone is 5. The maximum Gasteiger partial charge on any atom is 0.220 e. The van der Waals surface area contributed by atoms with Crippen LogP contribution in [-0.4, -0.2) is 193 Å². The van der Waals surface area contributed by atoms with Crippen molar-refractivity contribution in [2.45, 2.75) is 304 Å². The smallest absolute Gasteiger partial charge is 0.220 e. The molecule has 0 aromatic heterocycles. The fraction of sp³-hybridized carbons (Fsp3) is 0.881. The van der Waals surface area contributed by atoms with Crippen LogP contribution >= 0.6 is 0 Å². The van der Waals surface area contributed by atoms with Gasteiger partial charge in [0.1, 0.15) is 73.2 Å². The number of rotatable bonds is 44. The van der Waals surface area contributed by atoms with E-state index in [9.17, 15) is 61.0 Å². The third-order valence-corrected chi connectivity index (χ3v) is 15.2. The number of aliphatic hydroxyl groups is 11. The fourth-order valence-corrected chi connectivity index (χ4v) is 10.1. The molecule has 19 nitrogen and oxygen atoms in total. The number of unbranched alkanes of at least 4 members (excludes halogenated alkanes) is 24. The molecule has 17 unspecified atom stereocenters. The van der Waals surface area contributed by atoms with Crippen LogP contribution in [0.4, 0.5) is 0 Å². The van der Waals surface area contributed by atoms with Gasteiger partial charge < -0.3 is 89.9 Å². The van der Waals surface area contributed by atoms with Crippen molar-refractivity contribution in [3.8, 4) is 0 Å². The van der Waals surface area contributed by atoms with Crippen molar-refractivity contribution in [3.05, 3.63) is 36.5 Å². The van der Waals surface area contributed by atoms with Gasteiger partial charge in [-0.25, -0.2) is 0 Å². The molecule has 17 atom stereocenters. The Morgan fingerprint density at radius 1 is 0.449 bits per heavy atom. The first kappa shape index (κ1) is 70.3. The lowest BCUT2D eigenvalue weighted by atomic mass is 9.96. The summed E-state index contributed by atoms with van der Waals surface area (Å²) in [7, 11) is 0. The molecule has 3 aliphatic rings. The van der Waals surface area contributed by atoms with E-state index in [1.165, 1.54) is 135 Å². The Morgan fingerprint density at radius 2 is 0.821 bits per heavy atom. The van der Waals surface area contributed by atoms with Crippen molar-refractivity contribution in [1.29, 1.82) is 0 Å². The number of carbonyl (C=O) groups excluding carboxylic acids is 1. The largest absolute Gasteiger partial charge is 0.394 e. The van der Waals surface area contributed by atoms with Crippen LogP contribution in [0, 0.1) is 0 Å². The van der Waals surface area contributed by atoms with Crippen LogP contribution in [0.1, 0.15) is 200 Å². The van der Waals surface area contributed by atoms with Crippen LogP contribution in [0.2, 0.25) is 0 Å². The first-order valence-corrected chi connectivity index (χ1v) is 30.2. The van der Waals surface area contributed by atoms with Crippen molar-refractivity contribution in [1.82, 2.24) is 5.32 Å². The molecular formula is C59H107NO18. The van der Waals surface area contributed by atoms with Gasteiger partial charge in [-0.05, 0) is 44.9 Å². The van der Waals surface area contributed by atoms with Crippen molar-refractivity contribution >= 4 is 5.91 Å². The molecule has 0 spiro atoms. The fourth-order valence-electron chi connectivity index (χ4n) is 10.1. The van der Waals surface area contributed by atoms with Gasteiger partial charge in [-0.1, -0.05) is 185 Å². The summed E-state index contributed by atoms with van der Waals surface area (Å²) in [5, 5.41) is 119. The molecule has 19 heteroatoms. The van der Waals surface area contributed by atoms with Crippen molar-refractivity contribution in [3.63, 3.8) is 0 Å². The molecule has 3 aliphatic heterocycles. The monoisotopic (exact) mass is 1120 g/mol. The molecule has 3 saturated heterocycles. The van der Waals surface area contributed by atoms with E-state index in [0.717, 1.165) is 32.1 Å². The zero-order valence-corrected chi connectivity index (χ0v) is 47.4. The van der Waals surface area contributed by atoms with Gasteiger partial charge in [-0.2, -0.15) is 0 Å². The second kappa shape index (κ2) is 42.8. The molecular weight excluding hydrogens is 1010 g/mol. The lowest BCUT2D eigenvalue weighted by Gasteiger charge is -2.48. The van der Waals surface area contributed by atoms with Gasteiger partial charge in [0.25, 0.3) is 0 Å². The Balaban J connectivity index is 1.32. The minimum atomic E-state index is -1.98. The Labute approximate surface area is 466 Å². The predicted octanol–water partition coefficient (Wildman–Crippen LogP) is 5.32. The Morgan fingerprint density at radius 3 is 1.27 bits per heavy atom. The third kappa shape index (κ3) is 26.5. The first-order valence-electron chi connectivity index (χ1n) is 30.2. The summed E-state index contributed by atoms with van der Waals surface area (Å²) < 4.78 is 33.9. The third-order valence-electron chi connectivity index (χ3n) is 15.2.